The van der Waals surface area contributed by atoms with Gasteiger partial charge in [0, 0.05) is 5.69 Å². The highest BCUT2D eigenvalue weighted by Crippen LogP contribution is 2.24. The maximum Gasteiger partial charge on any atom is 0.234 e. The van der Waals surface area contributed by atoms with Crippen LogP contribution in [0.25, 0.3) is 0 Å². The molecule has 0 unspecified atom stereocenters. The fraction of sp³-hybridized carbons (Fsp3) is 0.333. The fourth-order valence-corrected chi connectivity index (χ4v) is 3.48. The number of anilines is 1. The Morgan fingerprint density at radius 3 is 2.38 bits per heavy atom. The van der Waals surface area contributed by atoms with Crippen molar-refractivity contribution in [3.8, 4) is 6.07 Å². The van der Waals surface area contributed by atoms with Crippen molar-refractivity contribution in [2.24, 2.45) is 0 Å². The number of nitrogens with one attached hydrogen (secondary N) is 1. The number of aryl methyl sites for hydroxylation is 5. The molecule has 0 saturated carbocycles. The van der Waals surface area contributed by atoms with Crippen LogP contribution < -0.4 is 5.32 Å². The highest BCUT2D eigenvalue weighted by Gasteiger charge is 2.14. The van der Waals surface area contributed by atoms with Crippen molar-refractivity contribution in [2.45, 2.75) is 39.6 Å². The van der Waals surface area contributed by atoms with E-state index in [9.17, 15) is 10.1 Å². The molecule has 1 aromatic heterocycles. The standard InChI is InChI=1S/C18H20N4OS/c1-10-6-11(2)17(12(3)7-10)22-16(23)9-24-18-15(8-19)13(4)20-14(5)21-18/h6-7H,9H2,1-5H3,(H,22,23). The van der Waals surface area contributed by atoms with Crippen molar-refractivity contribution < 1.29 is 4.79 Å². The van der Waals surface area contributed by atoms with Crippen LogP contribution >= 0.6 is 11.8 Å². The van der Waals surface area contributed by atoms with Crippen LogP contribution in [0.5, 0.6) is 0 Å². The molecule has 1 amide bonds. The van der Waals surface area contributed by atoms with Crippen LogP contribution in [0.1, 0.15) is 33.8 Å². The Balaban J connectivity index is 2.12. The number of rotatable bonds is 4. The number of hydrogen-bond donors (Lipinski definition) is 1. The molecule has 2 aromatic rings. The molecule has 1 heterocycles. The molecule has 0 radical (unpaired) electrons. The van der Waals surface area contributed by atoms with Gasteiger partial charge in [0.1, 0.15) is 22.5 Å². The minimum atomic E-state index is -0.118. The first-order valence-corrected chi connectivity index (χ1v) is 8.56. The smallest absolute Gasteiger partial charge is 0.234 e. The number of aromatic nitrogens is 2. The summed E-state index contributed by atoms with van der Waals surface area (Å²) in [6.07, 6.45) is 0. The summed E-state index contributed by atoms with van der Waals surface area (Å²) in [5.41, 5.74) is 5.17. The molecule has 0 aliphatic carbocycles. The second-order valence-electron chi connectivity index (χ2n) is 5.76. The third kappa shape index (κ3) is 4.12. The number of nitrogens with zero attached hydrogens (tertiary/aromatic N) is 3. The van der Waals surface area contributed by atoms with Crippen molar-refractivity contribution >= 4 is 23.4 Å². The monoisotopic (exact) mass is 340 g/mol. The Morgan fingerprint density at radius 2 is 1.79 bits per heavy atom. The Kier molecular flexibility index (Phi) is 5.58. The SMILES string of the molecule is Cc1cc(C)c(NC(=O)CSc2nc(C)nc(C)c2C#N)c(C)c1. The molecule has 5 nitrogen and oxygen atoms in total. The van der Waals surface area contributed by atoms with E-state index in [4.69, 9.17) is 0 Å². The van der Waals surface area contributed by atoms with E-state index in [1.165, 1.54) is 17.3 Å². The molecule has 0 bridgehead atoms. The Hall–Kier alpha value is -2.39. The van der Waals surface area contributed by atoms with Gasteiger partial charge >= 0.3 is 0 Å². The normalized spacial score (nSPS) is 10.3. The zero-order chi connectivity index (χ0) is 17.9. The predicted molar refractivity (Wildman–Crippen MR) is 96.2 cm³/mol. The number of nitriles is 1. The second-order valence-corrected chi connectivity index (χ2v) is 6.72. The number of benzene rings is 1. The van der Waals surface area contributed by atoms with Gasteiger partial charge < -0.3 is 5.32 Å². The lowest BCUT2D eigenvalue weighted by Crippen LogP contribution is -2.16. The van der Waals surface area contributed by atoms with Crippen LogP contribution in [-0.2, 0) is 4.79 Å². The highest BCUT2D eigenvalue weighted by molar-refractivity contribution is 8.00. The summed E-state index contributed by atoms with van der Waals surface area (Å²) in [5, 5.41) is 12.8. The van der Waals surface area contributed by atoms with Crippen LogP contribution in [0.4, 0.5) is 5.69 Å². The molecule has 0 aliphatic heterocycles. The quantitative estimate of drug-likeness (QED) is 0.679. The van der Waals surface area contributed by atoms with Crippen LogP contribution in [0.2, 0.25) is 0 Å². The summed E-state index contributed by atoms with van der Waals surface area (Å²) in [7, 11) is 0. The highest BCUT2D eigenvalue weighted by atomic mass is 32.2. The molecule has 0 aliphatic rings. The Bertz CT molecular complexity index is 817. The van der Waals surface area contributed by atoms with E-state index in [1.54, 1.807) is 13.8 Å². The molecular weight excluding hydrogens is 320 g/mol. The number of thioether (sulfide) groups is 1. The minimum absolute atomic E-state index is 0.118. The van der Waals surface area contributed by atoms with Crippen LogP contribution in [-0.4, -0.2) is 21.6 Å². The summed E-state index contributed by atoms with van der Waals surface area (Å²) in [6, 6.07) is 6.20. The Morgan fingerprint density at radius 1 is 1.17 bits per heavy atom. The van der Waals surface area contributed by atoms with Crippen LogP contribution in [0, 0.1) is 45.9 Å². The van der Waals surface area contributed by atoms with E-state index in [-0.39, 0.29) is 11.7 Å². The van der Waals surface area contributed by atoms with Gasteiger partial charge in [-0.1, -0.05) is 29.5 Å². The van der Waals surface area contributed by atoms with E-state index < -0.39 is 0 Å². The summed E-state index contributed by atoms with van der Waals surface area (Å²) in [6.45, 7) is 9.54. The van der Waals surface area contributed by atoms with E-state index >= 15 is 0 Å². The average molecular weight is 340 g/mol. The van der Waals surface area contributed by atoms with Crippen molar-refractivity contribution in [1.29, 1.82) is 5.26 Å². The number of amides is 1. The average Bonchev–Trinajstić information content (AvgIpc) is 2.48. The molecule has 1 N–H and O–H groups in total. The molecule has 2 rings (SSSR count). The number of hydrogen-bond acceptors (Lipinski definition) is 5. The van der Waals surface area contributed by atoms with Gasteiger partial charge in [-0.2, -0.15) is 5.26 Å². The van der Waals surface area contributed by atoms with Crippen LogP contribution in [0.3, 0.4) is 0 Å². The van der Waals surface area contributed by atoms with Gasteiger partial charge in [0.05, 0.1) is 11.4 Å². The lowest BCUT2D eigenvalue weighted by Gasteiger charge is -2.13. The summed E-state index contributed by atoms with van der Waals surface area (Å²) < 4.78 is 0. The van der Waals surface area contributed by atoms with Gasteiger partial charge in [-0.25, -0.2) is 9.97 Å². The zero-order valence-corrected chi connectivity index (χ0v) is 15.3. The molecule has 1 aromatic carbocycles. The molecule has 6 heteroatoms. The molecular formula is C18H20N4OS. The molecule has 0 atom stereocenters. The lowest BCUT2D eigenvalue weighted by molar-refractivity contribution is -0.113. The third-order valence-electron chi connectivity index (χ3n) is 3.56. The third-order valence-corrected chi connectivity index (χ3v) is 4.54. The topological polar surface area (TPSA) is 78.7 Å². The largest absolute Gasteiger partial charge is 0.325 e. The van der Waals surface area contributed by atoms with E-state index in [2.05, 4.69) is 21.4 Å². The summed E-state index contributed by atoms with van der Waals surface area (Å²) in [4.78, 5) is 20.8. The van der Waals surface area contributed by atoms with E-state index in [0.717, 1.165) is 16.8 Å². The maximum atomic E-state index is 12.3. The first kappa shape index (κ1) is 18.0. The van der Waals surface area contributed by atoms with E-state index in [0.29, 0.717) is 22.1 Å². The number of carbonyl (C=O) groups excluding carboxylic acids is 1. The second kappa shape index (κ2) is 7.45. The van der Waals surface area contributed by atoms with Gasteiger partial charge in [-0.3, -0.25) is 4.79 Å². The lowest BCUT2D eigenvalue weighted by atomic mass is 10.1. The first-order chi connectivity index (χ1) is 11.3. The fourth-order valence-electron chi connectivity index (χ4n) is 2.60. The van der Waals surface area contributed by atoms with Gasteiger partial charge in [-0.05, 0) is 45.7 Å². The minimum Gasteiger partial charge on any atom is -0.325 e. The van der Waals surface area contributed by atoms with Crippen molar-refractivity contribution in [3.63, 3.8) is 0 Å². The summed E-state index contributed by atoms with van der Waals surface area (Å²) in [5.74, 6) is 0.671. The van der Waals surface area contributed by atoms with Gasteiger partial charge in [0.2, 0.25) is 5.91 Å². The number of carbonyl (C=O) groups is 1. The maximum absolute atomic E-state index is 12.3. The molecule has 0 spiro atoms. The molecule has 0 fully saturated rings. The van der Waals surface area contributed by atoms with E-state index in [1.807, 2.05) is 32.9 Å². The van der Waals surface area contributed by atoms with Crippen LogP contribution in [0.15, 0.2) is 17.2 Å². The van der Waals surface area contributed by atoms with Gasteiger partial charge in [0.25, 0.3) is 0 Å². The van der Waals surface area contributed by atoms with Crippen molar-refractivity contribution in [1.82, 2.24) is 9.97 Å². The van der Waals surface area contributed by atoms with Crippen molar-refractivity contribution in [2.75, 3.05) is 11.1 Å². The molecule has 24 heavy (non-hydrogen) atoms. The van der Waals surface area contributed by atoms with Crippen molar-refractivity contribution in [3.05, 3.63) is 45.9 Å². The molecule has 0 saturated heterocycles. The first-order valence-electron chi connectivity index (χ1n) is 7.57. The predicted octanol–water partition coefficient (Wildman–Crippen LogP) is 3.62. The summed E-state index contributed by atoms with van der Waals surface area (Å²) >= 11 is 1.26. The van der Waals surface area contributed by atoms with Gasteiger partial charge in [-0.15, -0.1) is 0 Å². The van der Waals surface area contributed by atoms with Gasteiger partial charge in [0.15, 0.2) is 0 Å². The molecule has 124 valence electrons. The Labute approximate surface area is 146 Å². The zero-order valence-electron chi connectivity index (χ0n) is 14.5.